The van der Waals surface area contributed by atoms with Crippen LogP contribution in [0.5, 0.6) is 0 Å². The number of hydrogen-bond donors (Lipinski definition) is 1. The first-order valence-electron chi connectivity index (χ1n) is 4.98. The van der Waals surface area contributed by atoms with Gasteiger partial charge in [-0.3, -0.25) is 0 Å². The van der Waals surface area contributed by atoms with Gasteiger partial charge < -0.3 is 10.1 Å². The Morgan fingerprint density at radius 1 is 1.33 bits per heavy atom. The lowest BCUT2D eigenvalue weighted by molar-refractivity contribution is -0.142. The van der Waals surface area contributed by atoms with Gasteiger partial charge in [0, 0.05) is 12.5 Å². The number of carbonyl (C=O) groups is 1. The van der Waals surface area contributed by atoms with Crippen LogP contribution in [-0.4, -0.2) is 25.0 Å². The molecule has 0 bridgehead atoms. The predicted molar refractivity (Wildman–Crippen MR) is 48.3 cm³/mol. The van der Waals surface area contributed by atoms with E-state index >= 15 is 0 Å². The van der Waals surface area contributed by atoms with Crippen molar-refractivity contribution in [1.82, 2.24) is 5.32 Å². The van der Waals surface area contributed by atoms with Crippen molar-refractivity contribution >= 4 is 6.29 Å². The SMILES string of the molecule is O=CC1NCC(CC(F)(F)F)C2=C1CC2. The number of aldehydes is 1. The molecule has 2 atom stereocenters. The van der Waals surface area contributed by atoms with Gasteiger partial charge in [0.25, 0.3) is 0 Å². The molecule has 0 spiro atoms. The van der Waals surface area contributed by atoms with Gasteiger partial charge in [0.15, 0.2) is 0 Å². The monoisotopic (exact) mass is 219 g/mol. The minimum atomic E-state index is -4.12. The molecule has 0 radical (unpaired) electrons. The van der Waals surface area contributed by atoms with Crippen LogP contribution in [0, 0.1) is 5.92 Å². The molecule has 0 aromatic carbocycles. The van der Waals surface area contributed by atoms with Crippen LogP contribution in [0.2, 0.25) is 0 Å². The van der Waals surface area contributed by atoms with Crippen molar-refractivity contribution in [3.8, 4) is 0 Å². The van der Waals surface area contributed by atoms with Crippen molar-refractivity contribution in [2.24, 2.45) is 5.92 Å². The van der Waals surface area contributed by atoms with Gasteiger partial charge in [0.1, 0.15) is 6.29 Å². The minimum absolute atomic E-state index is 0.266. The van der Waals surface area contributed by atoms with Crippen LogP contribution >= 0.6 is 0 Å². The summed E-state index contributed by atoms with van der Waals surface area (Å²) in [6.45, 7) is 0.266. The van der Waals surface area contributed by atoms with Crippen molar-refractivity contribution in [2.75, 3.05) is 6.54 Å². The second kappa shape index (κ2) is 3.63. The minimum Gasteiger partial charge on any atom is -0.304 e. The fourth-order valence-corrected chi connectivity index (χ4v) is 2.36. The average molecular weight is 219 g/mol. The summed E-state index contributed by atoms with van der Waals surface area (Å²) in [6, 6.07) is -0.335. The quantitative estimate of drug-likeness (QED) is 0.567. The third kappa shape index (κ3) is 2.07. The lowest BCUT2D eigenvalue weighted by Gasteiger charge is -2.39. The molecule has 0 amide bonds. The normalized spacial score (nSPS) is 30.9. The van der Waals surface area contributed by atoms with Crippen LogP contribution < -0.4 is 5.32 Å². The Morgan fingerprint density at radius 3 is 2.47 bits per heavy atom. The third-order valence-electron chi connectivity index (χ3n) is 3.14. The molecule has 0 saturated heterocycles. The van der Waals surface area contributed by atoms with Crippen LogP contribution in [0.25, 0.3) is 0 Å². The molecule has 2 aliphatic rings. The number of rotatable bonds is 2. The van der Waals surface area contributed by atoms with E-state index in [1.807, 2.05) is 0 Å². The highest BCUT2D eigenvalue weighted by molar-refractivity contribution is 5.66. The Bertz CT molecular complexity index is 308. The van der Waals surface area contributed by atoms with Crippen LogP contribution in [0.1, 0.15) is 19.3 Å². The molecule has 0 saturated carbocycles. The smallest absolute Gasteiger partial charge is 0.304 e. The molecule has 84 valence electrons. The Labute approximate surface area is 85.5 Å². The molecule has 5 heteroatoms. The van der Waals surface area contributed by atoms with Crippen molar-refractivity contribution in [2.45, 2.75) is 31.5 Å². The molecule has 1 aliphatic carbocycles. The van der Waals surface area contributed by atoms with Crippen molar-refractivity contribution in [3.63, 3.8) is 0 Å². The maximum Gasteiger partial charge on any atom is 0.389 e. The van der Waals surface area contributed by atoms with Crippen LogP contribution in [0.15, 0.2) is 11.1 Å². The van der Waals surface area contributed by atoms with E-state index in [0.717, 1.165) is 30.3 Å². The lowest BCUT2D eigenvalue weighted by atomic mass is 9.73. The molecule has 1 heterocycles. The maximum absolute atomic E-state index is 12.2. The Morgan fingerprint density at radius 2 is 2.00 bits per heavy atom. The zero-order chi connectivity index (χ0) is 11.1. The molecule has 2 nitrogen and oxygen atoms in total. The van der Waals surface area contributed by atoms with E-state index in [-0.39, 0.29) is 12.6 Å². The Balaban J connectivity index is 2.11. The standard InChI is InChI=1S/C10H12F3NO/c11-10(12,13)3-6-4-14-9(5-15)8-2-1-7(6)8/h5-6,9,14H,1-4H2. The number of alkyl halides is 3. The molecule has 2 rings (SSSR count). The average Bonchev–Trinajstić information content (AvgIpc) is 2.05. The zero-order valence-electron chi connectivity index (χ0n) is 8.10. The zero-order valence-corrected chi connectivity index (χ0v) is 8.10. The van der Waals surface area contributed by atoms with E-state index in [2.05, 4.69) is 5.32 Å². The molecular weight excluding hydrogens is 207 g/mol. The Kier molecular flexibility index (Phi) is 2.58. The molecule has 1 aliphatic heterocycles. The topological polar surface area (TPSA) is 29.1 Å². The number of nitrogens with one attached hydrogen (secondary N) is 1. The number of carbonyl (C=O) groups excluding carboxylic acids is 1. The Hall–Kier alpha value is -0.840. The number of halogens is 3. The van der Waals surface area contributed by atoms with Crippen molar-refractivity contribution in [3.05, 3.63) is 11.1 Å². The molecule has 15 heavy (non-hydrogen) atoms. The van der Waals surface area contributed by atoms with Gasteiger partial charge >= 0.3 is 6.18 Å². The fraction of sp³-hybridized carbons (Fsp3) is 0.700. The first kappa shape index (κ1) is 10.7. The summed E-state index contributed by atoms with van der Waals surface area (Å²) in [7, 11) is 0. The highest BCUT2D eigenvalue weighted by Gasteiger charge is 2.40. The highest BCUT2D eigenvalue weighted by atomic mass is 19.4. The number of hydrogen-bond acceptors (Lipinski definition) is 2. The first-order chi connectivity index (χ1) is 7.01. The van der Waals surface area contributed by atoms with Gasteiger partial charge in [0.2, 0.25) is 0 Å². The molecule has 0 aromatic heterocycles. The van der Waals surface area contributed by atoms with Crippen molar-refractivity contribution in [1.29, 1.82) is 0 Å². The maximum atomic E-state index is 12.2. The van der Waals surface area contributed by atoms with E-state index in [0.29, 0.717) is 0 Å². The summed E-state index contributed by atoms with van der Waals surface area (Å²) in [5.41, 5.74) is 1.76. The van der Waals surface area contributed by atoms with Gasteiger partial charge in [-0.2, -0.15) is 13.2 Å². The van der Waals surface area contributed by atoms with E-state index in [4.69, 9.17) is 0 Å². The van der Waals surface area contributed by atoms with Gasteiger partial charge in [-0.1, -0.05) is 5.57 Å². The van der Waals surface area contributed by atoms with Gasteiger partial charge in [0.05, 0.1) is 12.5 Å². The van der Waals surface area contributed by atoms with E-state index < -0.39 is 18.5 Å². The fourth-order valence-electron chi connectivity index (χ4n) is 2.36. The largest absolute Gasteiger partial charge is 0.389 e. The predicted octanol–water partition coefficient (Wildman–Crippen LogP) is 1.82. The summed E-state index contributed by atoms with van der Waals surface area (Å²) in [5, 5.41) is 2.85. The second-order valence-electron chi connectivity index (χ2n) is 4.09. The molecule has 1 N–H and O–H groups in total. The summed E-state index contributed by atoms with van der Waals surface area (Å²) < 4.78 is 36.7. The van der Waals surface area contributed by atoms with Gasteiger partial charge in [-0.25, -0.2) is 0 Å². The lowest BCUT2D eigenvalue weighted by Crippen LogP contribution is -2.46. The summed E-state index contributed by atoms with van der Waals surface area (Å²) in [6.07, 6.45) is -2.63. The molecule has 0 aromatic rings. The van der Waals surface area contributed by atoms with Gasteiger partial charge in [-0.05, 0) is 18.4 Å². The summed E-state index contributed by atoms with van der Waals surface area (Å²) in [4.78, 5) is 10.6. The van der Waals surface area contributed by atoms with Crippen molar-refractivity contribution < 1.29 is 18.0 Å². The molecule has 2 unspecified atom stereocenters. The molecule has 0 fully saturated rings. The van der Waals surface area contributed by atoms with Gasteiger partial charge in [-0.15, -0.1) is 0 Å². The first-order valence-corrected chi connectivity index (χ1v) is 4.98. The van der Waals surface area contributed by atoms with E-state index in [1.165, 1.54) is 0 Å². The summed E-state index contributed by atoms with van der Waals surface area (Å²) >= 11 is 0. The third-order valence-corrected chi connectivity index (χ3v) is 3.14. The summed E-state index contributed by atoms with van der Waals surface area (Å²) in [5.74, 6) is -0.454. The van der Waals surface area contributed by atoms with E-state index in [9.17, 15) is 18.0 Å². The second-order valence-corrected chi connectivity index (χ2v) is 4.09. The van der Waals surface area contributed by atoms with Crippen LogP contribution in [0.4, 0.5) is 13.2 Å². The molecular formula is C10H12F3NO. The van der Waals surface area contributed by atoms with Crippen LogP contribution in [0.3, 0.4) is 0 Å². The highest BCUT2D eigenvalue weighted by Crippen LogP contribution is 2.42. The van der Waals surface area contributed by atoms with Crippen LogP contribution in [-0.2, 0) is 4.79 Å². The van der Waals surface area contributed by atoms with E-state index in [1.54, 1.807) is 0 Å².